The molecule has 176 valence electrons. The smallest absolute Gasteiger partial charge is 0.196 e. The first kappa shape index (κ1) is 21.7. The standard InChI is InChI=1S/C24H28N8O2/c33-21-15-3-1-5-17(25-7-9-27-23-29-11-12-30-23)19(15)22(34)16-4-2-6-18(20(16)21)26-8-10-28-24-31-13-14-32-24/h1-6,25-26H,7-14H2,(H2,27,29,30)(H2,28,31,32). The fourth-order valence-corrected chi connectivity index (χ4v) is 4.33. The van der Waals surface area contributed by atoms with E-state index in [0.717, 1.165) is 38.1 Å². The summed E-state index contributed by atoms with van der Waals surface area (Å²) in [6, 6.07) is 10.7. The summed E-state index contributed by atoms with van der Waals surface area (Å²) in [5.74, 6) is 1.29. The van der Waals surface area contributed by atoms with Gasteiger partial charge >= 0.3 is 0 Å². The highest BCUT2D eigenvalue weighted by Gasteiger charge is 2.33. The first-order valence-electron chi connectivity index (χ1n) is 11.6. The van der Waals surface area contributed by atoms with E-state index in [9.17, 15) is 9.59 Å². The number of benzene rings is 2. The summed E-state index contributed by atoms with van der Waals surface area (Å²) in [4.78, 5) is 35.5. The predicted octanol–water partition coefficient (Wildman–Crippen LogP) is 0.383. The van der Waals surface area contributed by atoms with E-state index >= 15 is 0 Å². The molecule has 5 rings (SSSR count). The maximum Gasteiger partial charge on any atom is 0.196 e. The molecule has 0 spiro atoms. The maximum atomic E-state index is 13.5. The molecule has 0 bridgehead atoms. The summed E-state index contributed by atoms with van der Waals surface area (Å²) in [5.41, 5.74) is 3.04. The van der Waals surface area contributed by atoms with Gasteiger partial charge in [0.1, 0.15) is 0 Å². The molecule has 6 N–H and O–H groups in total. The van der Waals surface area contributed by atoms with Gasteiger partial charge in [0.05, 0.1) is 24.2 Å². The molecule has 0 radical (unpaired) electrons. The Morgan fingerprint density at radius 2 is 1.09 bits per heavy atom. The molecule has 2 aromatic rings. The SMILES string of the molecule is O=C1c2cccc(NCCNC3=NCCN3)c2C(=O)c2cccc(NCCNC3=NCCN3)c21. The number of carbonyl (C=O) groups is 2. The molecule has 0 atom stereocenters. The van der Waals surface area contributed by atoms with E-state index < -0.39 is 0 Å². The number of nitrogens with zero attached hydrogens (tertiary/aromatic N) is 2. The minimum Gasteiger partial charge on any atom is -0.383 e. The number of ketones is 2. The van der Waals surface area contributed by atoms with Crippen molar-refractivity contribution in [3.05, 3.63) is 58.7 Å². The van der Waals surface area contributed by atoms with Gasteiger partial charge in [0.25, 0.3) is 0 Å². The van der Waals surface area contributed by atoms with Crippen LogP contribution in [0.15, 0.2) is 46.4 Å². The van der Waals surface area contributed by atoms with Crippen LogP contribution < -0.4 is 31.9 Å². The Morgan fingerprint density at radius 1 is 0.647 bits per heavy atom. The minimum atomic E-state index is -0.145. The van der Waals surface area contributed by atoms with Crippen molar-refractivity contribution in [2.75, 3.05) is 63.0 Å². The van der Waals surface area contributed by atoms with Gasteiger partial charge in [0.2, 0.25) is 0 Å². The average molecular weight is 461 g/mol. The van der Waals surface area contributed by atoms with Gasteiger partial charge in [-0.1, -0.05) is 24.3 Å². The minimum absolute atomic E-state index is 0.145. The van der Waals surface area contributed by atoms with Crippen molar-refractivity contribution in [3.63, 3.8) is 0 Å². The summed E-state index contributed by atoms with van der Waals surface area (Å²) in [6.45, 7) is 5.68. The normalized spacial score (nSPS) is 16.0. The summed E-state index contributed by atoms with van der Waals surface area (Å²) >= 11 is 0. The van der Waals surface area contributed by atoms with Crippen LogP contribution in [0, 0.1) is 0 Å². The van der Waals surface area contributed by atoms with E-state index in [4.69, 9.17) is 0 Å². The van der Waals surface area contributed by atoms with Crippen molar-refractivity contribution in [2.24, 2.45) is 9.98 Å². The topological polar surface area (TPSA) is 131 Å². The number of hydrogen-bond acceptors (Lipinski definition) is 10. The second-order valence-electron chi connectivity index (χ2n) is 8.14. The first-order chi connectivity index (χ1) is 16.7. The van der Waals surface area contributed by atoms with E-state index in [0.29, 0.717) is 59.8 Å². The van der Waals surface area contributed by atoms with Crippen LogP contribution in [0.1, 0.15) is 31.8 Å². The van der Waals surface area contributed by atoms with Crippen molar-refractivity contribution in [2.45, 2.75) is 0 Å². The molecule has 2 aliphatic heterocycles. The number of fused-ring (bicyclic) bond motifs is 2. The lowest BCUT2D eigenvalue weighted by atomic mass is 9.82. The van der Waals surface area contributed by atoms with Crippen LogP contribution >= 0.6 is 0 Å². The number of aliphatic imine (C=N–C) groups is 2. The van der Waals surface area contributed by atoms with Gasteiger partial charge in [-0.05, 0) is 12.1 Å². The lowest BCUT2D eigenvalue weighted by molar-refractivity contribution is 0.0980. The van der Waals surface area contributed by atoms with Crippen LogP contribution in [0.4, 0.5) is 11.4 Å². The number of anilines is 2. The van der Waals surface area contributed by atoms with Crippen LogP contribution in [0.2, 0.25) is 0 Å². The zero-order valence-corrected chi connectivity index (χ0v) is 18.8. The maximum absolute atomic E-state index is 13.5. The van der Waals surface area contributed by atoms with E-state index in [1.54, 1.807) is 12.1 Å². The Balaban J connectivity index is 1.29. The molecule has 0 unspecified atom stereocenters. The van der Waals surface area contributed by atoms with Gasteiger partial charge in [-0.25, -0.2) is 0 Å². The van der Waals surface area contributed by atoms with Gasteiger partial charge in [0, 0.05) is 61.8 Å². The molecule has 10 heteroatoms. The van der Waals surface area contributed by atoms with E-state index in [2.05, 4.69) is 41.9 Å². The predicted molar refractivity (Wildman–Crippen MR) is 133 cm³/mol. The third kappa shape index (κ3) is 4.39. The number of carbonyl (C=O) groups excluding carboxylic acids is 2. The Hall–Kier alpha value is -4.08. The van der Waals surface area contributed by atoms with Crippen molar-refractivity contribution in [3.8, 4) is 0 Å². The second kappa shape index (κ2) is 9.82. The van der Waals surface area contributed by atoms with Gasteiger partial charge in [0.15, 0.2) is 23.5 Å². The Labute approximate surface area is 197 Å². The zero-order valence-electron chi connectivity index (χ0n) is 18.8. The van der Waals surface area contributed by atoms with Crippen molar-refractivity contribution < 1.29 is 9.59 Å². The highest BCUT2D eigenvalue weighted by atomic mass is 16.1. The van der Waals surface area contributed by atoms with Crippen LogP contribution in [0.3, 0.4) is 0 Å². The molecule has 0 fully saturated rings. The van der Waals surface area contributed by atoms with Gasteiger partial charge < -0.3 is 31.9 Å². The molecule has 0 aromatic heterocycles. The van der Waals surface area contributed by atoms with E-state index in [1.807, 2.05) is 24.3 Å². The molecular weight excluding hydrogens is 432 g/mol. The second-order valence-corrected chi connectivity index (χ2v) is 8.14. The molecule has 0 saturated carbocycles. The van der Waals surface area contributed by atoms with Crippen molar-refractivity contribution in [1.29, 1.82) is 0 Å². The highest BCUT2D eigenvalue weighted by molar-refractivity contribution is 6.31. The molecule has 2 aromatic carbocycles. The van der Waals surface area contributed by atoms with Crippen molar-refractivity contribution in [1.82, 2.24) is 21.3 Å². The molecule has 1 aliphatic carbocycles. The van der Waals surface area contributed by atoms with Crippen LogP contribution in [0.25, 0.3) is 0 Å². The number of rotatable bonds is 8. The van der Waals surface area contributed by atoms with Crippen LogP contribution in [-0.2, 0) is 0 Å². The average Bonchev–Trinajstić information content (AvgIpc) is 3.57. The first-order valence-corrected chi connectivity index (χ1v) is 11.6. The summed E-state index contributed by atoms with van der Waals surface area (Å²) in [5, 5.41) is 19.4. The largest absolute Gasteiger partial charge is 0.383 e. The number of guanidine groups is 2. The zero-order chi connectivity index (χ0) is 23.3. The van der Waals surface area contributed by atoms with E-state index in [1.165, 1.54) is 0 Å². The monoisotopic (exact) mass is 460 g/mol. The van der Waals surface area contributed by atoms with Gasteiger partial charge in [-0.3, -0.25) is 19.6 Å². The van der Waals surface area contributed by atoms with Gasteiger partial charge in [-0.15, -0.1) is 0 Å². The molecular formula is C24H28N8O2. The third-order valence-corrected chi connectivity index (χ3v) is 5.89. The highest BCUT2D eigenvalue weighted by Crippen LogP contribution is 2.35. The summed E-state index contributed by atoms with van der Waals surface area (Å²) in [7, 11) is 0. The third-order valence-electron chi connectivity index (χ3n) is 5.89. The molecule has 0 amide bonds. The summed E-state index contributed by atoms with van der Waals surface area (Å²) in [6.07, 6.45) is 0. The van der Waals surface area contributed by atoms with Crippen LogP contribution in [0.5, 0.6) is 0 Å². The number of nitrogens with one attached hydrogen (secondary N) is 6. The van der Waals surface area contributed by atoms with Crippen molar-refractivity contribution >= 4 is 34.9 Å². The Morgan fingerprint density at radius 3 is 1.50 bits per heavy atom. The fourth-order valence-electron chi connectivity index (χ4n) is 4.33. The van der Waals surface area contributed by atoms with Gasteiger partial charge in [-0.2, -0.15) is 0 Å². The molecule has 34 heavy (non-hydrogen) atoms. The molecule has 10 nitrogen and oxygen atoms in total. The van der Waals surface area contributed by atoms with E-state index in [-0.39, 0.29) is 11.6 Å². The quantitative estimate of drug-likeness (QED) is 0.266. The number of hydrogen-bond donors (Lipinski definition) is 6. The lowest BCUT2D eigenvalue weighted by Gasteiger charge is -2.23. The Bertz CT molecular complexity index is 1080. The Kier molecular flexibility index (Phi) is 6.28. The lowest BCUT2D eigenvalue weighted by Crippen LogP contribution is -2.36. The molecule has 2 heterocycles. The molecule has 3 aliphatic rings. The van der Waals surface area contributed by atoms with Crippen LogP contribution in [-0.4, -0.2) is 75.8 Å². The molecule has 0 saturated heterocycles. The summed E-state index contributed by atoms with van der Waals surface area (Å²) < 4.78 is 0. The fraction of sp³-hybridized carbons (Fsp3) is 0.333.